The number of para-hydroxylation sites is 1. The molecule has 0 unspecified atom stereocenters. The molecule has 1 aliphatic rings. The topological polar surface area (TPSA) is 71.1 Å². The highest BCUT2D eigenvalue weighted by atomic mass is 16.5. The number of hydrogen-bond acceptors (Lipinski definition) is 6. The summed E-state index contributed by atoms with van der Waals surface area (Å²) in [7, 11) is 4.48. The Morgan fingerprint density at radius 2 is 1.56 bits per heavy atom. The van der Waals surface area contributed by atoms with Gasteiger partial charge in [0.2, 0.25) is 11.5 Å². The minimum atomic E-state index is -0.697. The van der Waals surface area contributed by atoms with E-state index in [0.29, 0.717) is 28.4 Å². The molecule has 1 heterocycles. The van der Waals surface area contributed by atoms with Crippen LogP contribution in [0.15, 0.2) is 42.0 Å². The number of rotatable bonds is 4. The van der Waals surface area contributed by atoms with Crippen LogP contribution in [0.1, 0.15) is 15.9 Å². The van der Waals surface area contributed by atoms with Gasteiger partial charge in [0.05, 0.1) is 26.9 Å². The molecule has 0 N–H and O–H groups in total. The average Bonchev–Trinajstić information content (AvgIpc) is 2.64. The zero-order valence-corrected chi connectivity index (χ0v) is 14.0. The van der Waals surface area contributed by atoms with Gasteiger partial charge >= 0.3 is 5.97 Å². The minimum Gasteiger partial charge on any atom is -0.493 e. The second-order valence-electron chi connectivity index (χ2n) is 5.23. The largest absolute Gasteiger partial charge is 0.493 e. The van der Waals surface area contributed by atoms with E-state index in [1.807, 2.05) is 0 Å². The van der Waals surface area contributed by atoms with E-state index in [0.717, 1.165) is 0 Å². The Balaban J connectivity index is 2.09. The number of methoxy groups -OCH3 is 3. The van der Waals surface area contributed by atoms with E-state index in [9.17, 15) is 9.59 Å². The zero-order chi connectivity index (χ0) is 18.0. The first-order chi connectivity index (χ1) is 12.1. The van der Waals surface area contributed by atoms with Crippen LogP contribution in [0.2, 0.25) is 0 Å². The molecule has 0 spiro atoms. The lowest BCUT2D eigenvalue weighted by molar-refractivity contribution is -0.130. The van der Waals surface area contributed by atoms with E-state index in [4.69, 9.17) is 18.9 Å². The van der Waals surface area contributed by atoms with Crippen molar-refractivity contribution in [2.75, 3.05) is 21.3 Å². The molecule has 0 bridgehead atoms. The molecule has 6 nitrogen and oxygen atoms in total. The molecule has 2 aromatic carbocycles. The Kier molecular flexibility index (Phi) is 4.43. The molecule has 25 heavy (non-hydrogen) atoms. The Hall–Kier alpha value is -3.28. The minimum absolute atomic E-state index is 0.0621. The maximum atomic E-state index is 12.6. The predicted octanol–water partition coefficient (Wildman–Crippen LogP) is 2.90. The Labute approximate surface area is 144 Å². The summed E-state index contributed by atoms with van der Waals surface area (Å²) < 4.78 is 21.1. The van der Waals surface area contributed by atoms with Crippen LogP contribution in [0.5, 0.6) is 23.0 Å². The number of carbonyl (C=O) groups excluding carboxylic acids is 2. The van der Waals surface area contributed by atoms with E-state index in [-0.39, 0.29) is 17.1 Å². The third kappa shape index (κ3) is 2.94. The van der Waals surface area contributed by atoms with Crippen molar-refractivity contribution in [1.29, 1.82) is 0 Å². The number of hydrogen-bond donors (Lipinski definition) is 0. The average molecular weight is 340 g/mol. The molecule has 2 aromatic rings. The van der Waals surface area contributed by atoms with Crippen molar-refractivity contribution < 1.29 is 28.5 Å². The zero-order valence-electron chi connectivity index (χ0n) is 14.0. The first-order valence-corrected chi connectivity index (χ1v) is 7.46. The highest BCUT2D eigenvalue weighted by molar-refractivity contribution is 6.30. The first-order valence-electron chi connectivity index (χ1n) is 7.46. The van der Waals surface area contributed by atoms with Crippen LogP contribution in [-0.4, -0.2) is 33.1 Å². The molecule has 0 atom stereocenters. The van der Waals surface area contributed by atoms with Gasteiger partial charge in [0, 0.05) is 0 Å². The van der Waals surface area contributed by atoms with Crippen LogP contribution in [-0.2, 0) is 4.79 Å². The van der Waals surface area contributed by atoms with Crippen molar-refractivity contribution in [1.82, 2.24) is 0 Å². The molecule has 0 radical (unpaired) electrons. The van der Waals surface area contributed by atoms with E-state index < -0.39 is 5.97 Å². The maximum Gasteiger partial charge on any atom is 0.347 e. The molecule has 0 saturated carbocycles. The molecule has 1 aliphatic heterocycles. The smallest absolute Gasteiger partial charge is 0.347 e. The summed E-state index contributed by atoms with van der Waals surface area (Å²) in [5.41, 5.74) is 0.836. The summed E-state index contributed by atoms with van der Waals surface area (Å²) in [5, 5.41) is 0. The summed E-state index contributed by atoms with van der Waals surface area (Å²) in [6.45, 7) is 0. The van der Waals surface area contributed by atoms with Crippen molar-refractivity contribution >= 4 is 17.8 Å². The van der Waals surface area contributed by atoms with Crippen LogP contribution >= 0.6 is 0 Å². The summed E-state index contributed by atoms with van der Waals surface area (Å²) in [4.78, 5) is 24.8. The molecule has 0 amide bonds. The first kappa shape index (κ1) is 16.6. The van der Waals surface area contributed by atoms with Gasteiger partial charge < -0.3 is 18.9 Å². The lowest BCUT2D eigenvalue weighted by atomic mass is 9.97. The maximum absolute atomic E-state index is 12.6. The van der Waals surface area contributed by atoms with Gasteiger partial charge in [0.1, 0.15) is 11.3 Å². The fourth-order valence-corrected chi connectivity index (χ4v) is 2.61. The fraction of sp³-hybridized carbons (Fsp3) is 0.158. The van der Waals surface area contributed by atoms with Crippen LogP contribution in [0.25, 0.3) is 6.08 Å². The molecular weight excluding hydrogens is 324 g/mol. The fourth-order valence-electron chi connectivity index (χ4n) is 2.61. The molecule has 0 aromatic heterocycles. The van der Waals surface area contributed by atoms with Gasteiger partial charge in [-0.25, -0.2) is 4.79 Å². The number of fused-ring (bicyclic) bond motifs is 1. The van der Waals surface area contributed by atoms with Crippen LogP contribution in [0.4, 0.5) is 0 Å². The molecule has 128 valence electrons. The van der Waals surface area contributed by atoms with Crippen molar-refractivity contribution in [3.05, 3.63) is 53.1 Å². The predicted molar refractivity (Wildman–Crippen MR) is 90.5 cm³/mol. The van der Waals surface area contributed by atoms with Gasteiger partial charge in [-0.15, -0.1) is 0 Å². The standard InChI is InChI=1S/C19H16O6/c1-22-15-9-11(10-16(23-2)18(15)24-3)8-13-17(20)12-6-4-5-7-14(12)25-19(13)21/h4-10H,1-3H3/b13-8+. The molecule has 0 fully saturated rings. The van der Waals surface area contributed by atoms with E-state index in [1.54, 1.807) is 36.4 Å². The Morgan fingerprint density at radius 1 is 0.920 bits per heavy atom. The van der Waals surface area contributed by atoms with Gasteiger partial charge in [0.25, 0.3) is 0 Å². The van der Waals surface area contributed by atoms with Crippen LogP contribution in [0.3, 0.4) is 0 Å². The van der Waals surface area contributed by atoms with E-state index in [1.165, 1.54) is 27.4 Å². The van der Waals surface area contributed by atoms with E-state index in [2.05, 4.69) is 0 Å². The number of Topliss-reactive ketones (excluding diaryl/α,β-unsaturated/α-hetero) is 1. The summed E-state index contributed by atoms with van der Waals surface area (Å²) in [5.74, 6) is 0.448. The number of ether oxygens (including phenoxy) is 4. The number of ketones is 1. The molecular formula is C19H16O6. The van der Waals surface area contributed by atoms with Crippen molar-refractivity contribution in [3.8, 4) is 23.0 Å². The Bertz CT molecular complexity index is 856. The van der Waals surface area contributed by atoms with Gasteiger partial charge in [-0.3, -0.25) is 4.79 Å². The van der Waals surface area contributed by atoms with Gasteiger partial charge in [-0.05, 0) is 35.9 Å². The number of esters is 1. The summed E-state index contributed by atoms with van der Waals surface area (Å²) in [6.07, 6.45) is 1.45. The second kappa shape index (κ2) is 6.68. The van der Waals surface area contributed by atoms with Gasteiger partial charge in [-0.2, -0.15) is 0 Å². The molecule has 0 saturated heterocycles. The SMILES string of the molecule is COc1cc(/C=C2/C(=O)Oc3ccccc3C2=O)cc(OC)c1OC. The third-order valence-electron chi connectivity index (χ3n) is 3.80. The van der Waals surface area contributed by atoms with Gasteiger partial charge in [0.15, 0.2) is 11.5 Å². The molecule has 3 rings (SSSR count). The summed E-state index contributed by atoms with van der Waals surface area (Å²) >= 11 is 0. The molecule has 6 heteroatoms. The van der Waals surface area contributed by atoms with Crippen LogP contribution < -0.4 is 18.9 Å². The Morgan fingerprint density at radius 3 is 2.16 bits per heavy atom. The monoisotopic (exact) mass is 340 g/mol. The number of benzene rings is 2. The number of carbonyl (C=O) groups is 2. The van der Waals surface area contributed by atoms with Crippen LogP contribution in [0, 0.1) is 0 Å². The van der Waals surface area contributed by atoms with Crippen molar-refractivity contribution in [2.24, 2.45) is 0 Å². The normalized spacial score (nSPS) is 14.8. The lowest BCUT2D eigenvalue weighted by Crippen LogP contribution is -2.24. The van der Waals surface area contributed by atoms with Crippen molar-refractivity contribution in [2.45, 2.75) is 0 Å². The highest BCUT2D eigenvalue weighted by Gasteiger charge is 2.30. The second-order valence-corrected chi connectivity index (χ2v) is 5.23. The quantitative estimate of drug-likeness (QED) is 0.369. The highest BCUT2D eigenvalue weighted by Crippen LogP contribution is 2.39. The summed E-state index contributed by atoms with van der Waals surface area (Å²) in [6, 6.07) is 9.92. The van der Waals surface area contributed by atoms with E-state index >= 15 is 0 Å². The van der Waals surface area contributed by atoms with Crippen molar-refractivity contribution in [3.63, 3.8) is 0 Å². The van der Waals surface area contributed by atoms with Gasteiger partial charge in [-0.1, -0.05) is 12.1 Å². The lowest BCUT2D eigenvalue weighted by Gasteiger charge is -2.17. The third-order valence-corrected chi connectivity index (χ3v) is 3.80. The molecule has 0 aliphatic carbocycles.